The first-order chi connectivity index (χ1) is 13.9. The fraction of sp³-hybridized carbons (Fsp3) is 0.250. The minimum absolute atomic E-state index is 0.0965. The normalized spacial score (nSPS) is 15.5. The Labute approximate surface area is 170 Å². The van der Waals surface area contributed by atoms with E-state index < -0.39 is 23.5 Å². The molecule has 29 heavy (non-hydrogen) atoms. The summed E-state index contributed by atoms with van der Waals surface area (Å²) < 4.78 is 26.3. The molecule has 1 aliphatic heterocycles. The highest BCUT2D eigenvalue weighted by Gasteiger charge is 2.30. The van der Waals surface area contributed by atoms with Crippen molar-refractivity contribution in [2.24, 2.45) is 7.05 Å². The SMILES string of the molecule is COC(=O)c1ncc2c(c1F)OCC[C@H]2NC(=O)c1cc2ccc(Cl)cc2n1C. The standard InChI is InChI=1S/C20H17ClFN3O4/c1-25-14-8-11(21)4-3-10(14)7-15(25)19(26)24-13-5-6-29-18-12(13)9-23-17(16(18)22)20(27)28-2/h3-4,7-9,13H,5-6H2,1-2H3,(H,24,26)/t13-/m1/s1. The number of rotatable bonds is 3. The molecule has 1 amide bonds. The maximum absolute atomic E-state index is 14.6. The van der Waals surface area contributed by atoms with Gasteiger partial charge in [-0.05, 0) is 18.2 Å². The number of carbonyl (C=O) groups is 2. The zero-order chi connectivity index (χ0) is 20.7. The fourth-order valence-corrected chi connectivity index (χ4v) is 3.62. The van der Waals surface area contributed by atoms with Crippen LogP contribution in [0.2, 0.25) is 5.02 Å². The minimum Gasteiger partial charge on any atom is -0.490 e. The minimum atomic E-state index is -0.896. The molecule has 2 aromatic heterocycles. The summed E-state index contributed by atoms with van der Waals surface area (Å²) in [5, 5.41) is 4.36. The van der Waals surface area contributed by atoms with Gasteiger partial charge in [0.05, 0.1) is 19.8 Å². The van der Waals surface area contributed by atoms with Gasteiger partial charge in [0, 0.05) is 41.2 Å². The molecule has 0 bridgehead atoms. The summed E-state index contributed by atoms with van der Waals surface area (Å²) in [4.78, 5) is 28.4. The molecule has 4 rings (SSSR count). The van der Waals surface area contributed by atoms with Crippen molar-refractivity contribution in [2.75, 3.05) is 13.7 Å². The van der Waals surface area contributed by atoms with Crippen molar-refractivity contribution in [1.82, 2.24) is 14.9 Å². The van der Waals surface area contributed by atoms with E-state index in [0.29, 0.717) is 22.7 Å². The summed E-state index contributed by atoms with van der Waals surface area (Å²) in [5.41, 5.74) is 1.18. The van der Waals surface area contributed by atoms with Crippen molar-refractivity contribution in [3.8, 4) is 5.75 Å². The van der Waals surface area contributed by atoms with Crippen LogP contribution in [0.15, 0.2) is 30.5 Å². The fourth-order valence-electron chi connectivity index (χ4n) is 3.46. The van der Waals surface area contributed by atoms with Crippen LogP contribution in [0.25, 0.3) is 10.9 Å². The third-order valence-electron chi connectivity index (χ3n) is 4.95. The van der Waals surface area contributed by atoms with E-state index in [1.807, 2.05) is 6.07 Å². The number of fused-ring (bicyclic) bond motifs is 2. The highest BCUT2D eigenvalue weighted by Crippen LogP contribution is 2.35. The number of halogens is 2. The van der Waals surface area contributed by atoms with E-state index in [1.165, 1.54) is 6.20 Å². The molecule has 0 fully saturated rings. The van der Waals surface area contributed by atoms with Gasteiger partial charge in [0.15, 0.2) is 17.3 Å². The van der Waals surface area contributed by atoms with Crippen molar-refractivity contribution in [3.63, 3.8) is 0 Å². The largest absolute Gasteiger partial charge is 0.490 e. The lowest BCUT2D eigenvalue weighted by molar-refractivity contribution is 0.0585. The Kier molecular flexibility index (Phi) is 4.87. The second-order valence-electron chi connectivity index (χ2n) is 6.65. The molecular formula is C20H17ClFN3O4. The van der Waals surface area contributed by atoms with Crippen LogP contribution in [0.5, 0.6) is 5.75 Å². The van der Waals surface area contributed by atoms with Gasteiger partial charge in [0.25, 0.3) is 5.91 Å². The zero-order valence-corrected chi connectivity index (χ0v) is 16.4. The molecule has 3 aromatic rings. The number of amides is 1. The number of hydrogen-bond donors (Lipinski definition) is 1. The number of benzene rings is 1. The van der Waals surface area contributed by atoms with Crippen molar-refractivity contribution in [2.45, 2.75) is 12.5 Å². The molecule has 7 nitrogen and oxygen atoms in total. The monoisotopic (exact) mass is 417 g/mol. The second kappa shape index (κ2) is 7.36. The molecule has 0 saturated heterocycles. The third-order valence-corrected chi connectivity index (χ3v) is 5.19. The number of aryl methyl sites for hydroxylation is 1. The lowest BCUT2D eigenvalue weighted by atomic mass is 10.0. The first-order valence-electron chi connectivity index (χ1n) is 8.86. The van der Waals surface area contributed by atoms with Crippen LogP contribution < -0.4 is 10.1 Å². The Bertz CT molecular complexity index is 1140. The third kappa shape index (κ3) is 3.29. The number of carbonyl (C=O) groups excluding carboxylic acids is 2. The summed E-state index contributed by atoms with van der Waals surface area (Å²) in [6.45, 7) is 0.185. The maximum atomic E-state index is 14.6. The molecule has 0 saturated carbocycles. The molecule has 1 atom stereocenters. The molecule has 0 radical (unpaired) electrons. The van der Waals surface area contributed by atoms with Crippen LogP contribution in [-0.4, -0.2) is 35.1 Å². The van der Waals surface area contributed by atoms with Crippen molar-refractivity contribution >= 4 is 34.4 Å². The number of ether oxygens (including phenoxy) is 2. The van der Waals surface area contributed by atoms with E-state index in [4.69, 9.17) is 16.3 Å². The lowest BCUT2D eigenvalue weighted by Crippen LogP contribution is -2.33. The van der Waals surface area contributed by atoms with Crippen LogP contribution in [0.3, 0.4) is 0 Å². The van der Waals surface area contributed by atoms with E-state index in [1.54, 1.807) is 29.8 Å². The molecule has 0 unspecified atom stereocenters. The average Bonchev–Trinajstić information content (AvgIpc) is 3.04. The molecule has 1 N–H and O–H groups in total. The number of hydrogen-bond acceptors (Lipinski definition) is 5. The molecule has 150 valence electrons. The zero-order valence-electron chi connectivity index (χ0n) is 15.7. The van der Waals surface area contributed by atoms with Gasteiger partial charge in [-0.3, -0.25) is 4.79 Å². The number of esters is 1. The number of methoxy groups -OCH3 is 1. The first-order valence-corrected chi connectivity index (χ1v) is 9.24. The predicted molar refractivity (Wildman–Crippen MR) is 104 cm³/mol. The van der Waals surface area contributed by atoms with Gasteiger partial charge < -0.3 is 19.4 Å². The summed E-state index contributed by atoms with van der Waals surface area (Å²) >= 11 is 6.05. The number of pyridine rings is 1. The van der Waals surface area contributed by atoms with E-state index in [2.05, 4.69) is 15.0 Å². The lowest BCUT2D eigenvalue weighted by Gasteiger charge is -2.27. The smallest absolute Gasteiger partial charge is 0.359 e. The van der Waals surface area contributed by atoms with Gasteiger partial charge in [0.1, 0.15) is 5.69 Å². The molecule has 1 aliphatic rings. The van der Waals surface area contributed by atoms with Crippen LogP contribution >= 0.6 is 11.6 Å². The first kappa shape index (κ1) is 19.2. The van der Waals surface area contributed by atoms with E-state index in [9.17, 15) is 14.0 Å². The molecule has 0 spiro atoms. The van der Waals surface area contributed by atoms with Crippen molar-refractivity contribution < 1.29 is 23.5 Å². The van der Waals surface area contributed by atoms with Crippen molar-refractivity contribution in [1.29, 1.82) is 0 Å². The maximum Gasteiger partial charge on any atom is 0.359 e. The van der Waals surface area contributed by atoms with Gasteiger partial charge >= 0.3 is 5.97 Å². The van der Waals surface area contributed by atoms with Crippen LogP contribution in [0.4, 0.5) is 4.39 Å². The molecular weight excluding hydrogens is 401 g/mol. The van der Waals surface area contributed by atoms with Crippen molar-refractivity contribution in [3.05, 3.63) is 58.3 Å². The van der Waals surface area contributed by atoms with Gasteiger partial charge in [0.2, 0.25) is 0 Å². The number of nitrogens with one attached hydrogen (secondary N) is 1. The summed E-state index contributed by atoms with van der Waals surface area (Å²) in [6.07, 6.45) is 1.77. The summed E-state index contributed by atoms with van der Waals surface area (Å²) in [7, 11) is 2.92. The quantitative estimate of drug-likeness (QED) is 0.660. The second-order valence-corrected chi connectivity index (χ2v) is 7.09. The predicted octanol–water partition coefficient (Wildman–Crippen LogP) is 3.41. The topological polar surface area (TPSA) is 82.5 Å². The van der Waals surface area contributed by atoms with Gasteiger partial charge in [-0.15, -0.1) is 0 Å². The molecule has 9 heteroatoms. The van der Waals surface area contributed by atoms with Gasteiger partial charge in [-0.1, -0.05) is 17.7 Å². The molecule has 3 heterocycles. The molecule has 0 aliphatic carbocycles. The van der Waals surface area contributed by atoms with E-state index in [0.717, 1.165) is 18.0 Å². The number of aromatic nitrogens is 2. The highest BCUT2D eigenvalue weighted by molar-refractivity contribution is 6.31. The summed E-state index contributed by atoms with van der Waals surface area (Å²) in [6, 6.07) is 6.63. The van der Waals surface area contributed by atoms with Gasteiger partial charge in [-0.25, -0.2) is 14.2 Å². The Balaban J connectivity index is 1.65. The van der Waals surface area contributed by atoms with Gasteiger partial charge in [-0.2, -0.15) is 0 Å². The average molecular weight is 418 g/mol. The Morgan fingerprint density at radius 1 is 1.38 bits per heavy atom. The number of nitrogens with zero attached hydrogens (tertiary/aromatic N) is 2. The highest BCUT2D eigenvalue weighted by atomic mass is 35.5. The van der Waals surface area contributed by atoms with Crippen LogP contribution in [-0.2, 0) is 11.8 Å². The Morgan fingerprint density at radius 3 is 2.93 bits per heavy atom. The Morgan fingerprint density at radius 2 is 2.17 bits per heavy atom. The van der Waals surface area contributed by atoms with E-state index in [-0.39, 0.29) is 18.3 Å². The summed E-state index contributed by atoms with van der Waals surface area (Å²) in [5.74, 6) is -2.21. The van der Waals surface area contributed by atoms with Crippen LogP contribution in [0.1, 0.15) is 39.0 Å². The Hall–Kier alpha value is -3.13. The molecule has 1 aromatic carbocycles. The van der Waals surface area contributed by atoms with Crippen LogP contribution in [0, 0.1) is 5.82 Å². The van der Waals surface area contributed by atoms with E-state index >= 15 is 0 Å².